The Morgan fingerprint density at radius 2 is 1.71 bits per heavy atom. The van der Waals surface area contributed by atoms with E-state index in [-0.39, 0.29) is 17.6 Å². The van der Waals surface area contributed by atoms with E-state index >= 15 is 0 Å². The summed E-state index contributed by atoms with van der Waals surface area (Å²) in [7, 11) is 3.51. The number of ether oxygens (including phenoxy) is 1. The zero-order chi connectivity index (χ0) is 22.0. The second kappa shape index (κ2) is 8.60. The monoisotopic (exact) mass is 417 g/mol. The maximum Gasteiger partial charge on any atom is 0.228 e. The first kappa shape index (κ1) is 20.6. The molecule has 0 fully saturated rings. The molecule has 5 nitrogen and oxygen atoms in total. The molecule has 1 amide bonds. The normalized spacial score (nSPS) is 13.0. The third-order valence-electron chi connectivity index (χ3n) is 5.57. The summed E-state index contributed by atoms with van der Waals surface area (Å²) in [5.74, 6) is 0.635. The van der Waals surface area contributed by atoms with Crippen molar-refractivity contribution in [2.24, 2.45) is 7.05 Å². The molecule has 2 atom stereocenters. The number of hydrogen-bond acceptors (Lipinski definition) is 3. The molecule has 1 aromatic heterocycles. The number of imidazole rings is 1. The molecule has 0 saturated carbocycles. The Labute approximate surface area is 180 Å². The van der Waals surface area contributed by atoms with E-state index in [0.717, 1.165) is 27.6 Å². The van der Waals surface area contributed by atoms with Crippen LogP contribution in [0.15, 0.2) is 73.1 Å². The molecule has 0 saturated heterocycles. The minimum atomic E-state index is -0.486. The summed E-state index contributed by atoms with van der Waals surface area (Å²) in [6.07, 6.45) is 3.50. The molecule has 158 valence electrons. The Kier molecular flexibility index (Phi) is 5.71. The standard InChI is InChI=1S/C25H24FN3O2/c1-16(18-4-5-20-15-22(31-3)11-8-19(20)14-18)25(30)28-23(24-27-12-13-29(24)2)17-6-9-21(26)10-7-17/h4-16,23H,1-3H3,(H,28,30)/t16-,23-/m1/s1. The van der Waals surface area contributed by atoms with E-state index in [1.165, 1.54) is 12.1 Å². The van der Waals surface area contributed by atoms with Crippen LogP contribution >= 0.6 is 0 Å². The Morgan fingerprint density at radius 3 is 2.39 bits per heavy atom. The van der Waals surface area contributed by atoms with Crippen LogP contribution in [0.1, 0.15) is 35.8 Å². The maximum atomic E-state index is 13.4. The van der Waals surface area contributed by atoms with Crippen LogP contribution in [0.3, 0.4) is 0 Å². The van der Waals surface area contributed by atoms with Gasteiger partial charge in [-0.2, -0.15) is 0 Å². The fraction of sp³-hybridized carbons (Fsp3) is 0.200. The van der Waals surface area contributed by atoms with Gasteiger partial charge in [0.15, 0.2) is 0 Å². The number of amides is 1. The number of nitrogens with zero attached hydrogens (tertiary/aromatic N) is 2. The Balaban J connectivity index is 1.61. The third-order valence-corrected chi connectivity index (χ3v) is 5.57. The van der Waals surface area contributed by atoms with Gasteiger partial charge in [0.05, 0.1) is 13.0 Å². The second-order valence-corrected chi connectivity index (χ2v) is 7.58. The van der Waals surface area contributed by atoms with Gasteiger partial charge < -0.3 is 14.6 Å². The molecule has 6 heteroatoms. The molecule has 1 heterocycles. The summed E-state index contributed by atoms with van der Waals surface area (Å²) >= 11 is 0. The number of nitrogens with one attached hydrogen (secondary N) is 1. The lowest BCUT2D eigenvalue weighted by Crippen LogP contribution is -2.34. The molecule has 4 rings (SSSR count). The van der Waals surface area contributed by atoms with Gasteiger partial charge in [-0.3, -0.25) is 4.79 Å². The molecule has 0 aliphatic heterocycles. The summed E-state index contributed by atoms with van der Waals surface area (Å²) in [5, 5.41) is 5.18. The highest BCUT2D eigenvalue weighted by Crippen LogP contribution is 2.27. The predicted molar refractivity (Wildman–Crippen MR) is 119 cm³/mol. The molecule has 0 unspecified atom stereocenters. The van der Waals surface area contributed by atoms with Crippen molar-refractivity contribution in [3.63, 3.8) is 0 Å². The topological polar surface area (TPSA) is 56.1 Å². The van der Waals surface area contributed by atoms with Crippen molar-refractivity contribution in [1.29, 1.82) is 0 Å². The number of aromatic nitrogens is 2. The molecule has 0 radical (unpaired) electrons. The van der Waals surface area contributed by atoms with E-state index in [9.17, 15) is 9.18 Å². The van der Waals surface area contributed by atoms with Gasteiger partial charge in [-0.15, -0.1) is 0 Å². The van der Waals surface area contributed by atoms with Crippen LogP contribution in [0.2, 0.25) is 0 Å². The minimum Gasteiger partial charge on any atom is -0.497 e. The fourth-order valence-corrected chi connectivity index (χ4v) is 3.66. The van der Waals surface area contributed by atoms with Gasteiger partial charge in [0.1, 0.15) is 23.4 Å². The molecular formula is C25H24FN3O2. The number of rotatable bonds is 6. The lowest BCUT2D eigenvalue weighted by molar-refractivity contribution is -0.122. The first-order valence-corrected chi connectivity index (χ1v) is 10.1. The first-order chi connectivity index (χ1) is 15.0. The van der Waals surface area contributed by atoms with Gasteiger partial charge in [0.25, 0.3) is 0 Å². The molecule has 4 aromatic rings. The molecular weight excluding hydrogens is 393 g/mol. The molecule has 1 N–H and O–H groups in total. The number of carbonyl (C=O) groups is 1. The number of hydrogen-bond donors (Lipinski definition) is 1. The van der Waals surface area contributed by atoms with Gasteiger partial charge >= 0.3 is 0 Å². The van der Waals surface area contributed by atoms with Crippen molar-refractivity contribution in [1.82, 2.24) is 14.9 Å². The molecule has 0 aliphatic rings. The Morgan fingerprint density at radius 1 is 1.03 bits per heavy atom. The number of fused-ring (bicyclic) bond motifs is 1. The van der Waals surface area contributed by atoms with Crippen LogP contribution < -0.4 is 10.1 Å². The maximum absolute atomic E-state index is 13.4. The zero-order valence-electron chi connectivity index (χ0n) is 17.7. The van der Waals surface area contributed by atoms with Crippen LogP contribution in [0.5, 0.6) is 5.75 Å². The number of methoxy groups -OCH3 is 1. The molecule has 0 bridgehead atoms. The Hall–Kier alpha value is -3.67. The van der Waals surface area contributed by atoms with Gasteiger partial charge in [0.2, 0.25) is 5.91 Å². The lowest BCUT2D eigenvalue weighted by Gasteiger charge is -2.22. The van der Waals surface area contributed by atoms with Gasteiger partial charge in [-0.25, -0.2) is 9.37 Å². The van der Waals surface area contributed by atoms with Crippen molar-refractivity contribution in [2.45, 2.75) is 18.9 Å². The van der Waals surface area contributed by atoms with Gasteiger partial charge in [-0.1, -0.05) is 36.4 Å². The highest BCUT2D eigenvalue weighted by Gasteiger charge is 2.24. The second-order valence-electron chi connectivity index (χ2n) is 7.58. The Bertz CT molecular complexity index is 1220. The van der Waals surface area contributed by atoms with E-state index < -0.39 is 6.04 Å². The number of benzene rings is 3. The number of aryl methyl sites for hydroxylation is 1. The summed E-state index contributed by atoms with van der Waals surface area (Å²) in [6.45, 7) is 1.88. The number of carbonyl (C=O) groups excluding carboxylic acids is 1. The first-order valence-electron chi connectivity index (χ1n) is 10.1. The minimum absolute atomic E-state index is 0.134. The average Bonchev–Trinajstić information content (AvgIpc) is 3.22. The van der Waals surface area contributed by atoms with Crippen LogP contribution in [0.25, 0.3) is 10.8 Å². The summed E-state index contributed by atoms with van der Waals surface area (Å²) in [6, 6.07) is 17.5. The average molecular weight is 417 g/mol. The SMILES string of the molecule is COc1ccc2cc([C@@H](C)C(=O)N[C@H](c3ccc(F)cc3)c3nccn3C)ccc2c1. The summed E-state index contributed by atoms with van der Waals surface area (Å²) in [5.41, 5.74) is 1.68. The lowest BCUT2D eigenvalue weighted by atomic mass is 9.96. The van der Waals surface area contributed by atoms with Crippen LogP contribution in [0.4, 0.5) is 4.39 Å². The van der Waals surface area contributed by atoms with Crippen LogP contribution in [-0.2, 0) is 11.8 Å². The van der Waals surface area contributed by atoms with Crippen molar-refractivity contribution < 1.29 is 13.9 Å². The molecule has 0 spiro atoms. The largest absolute Gasteiger partial charge is 0.497 e. The summed E-state index contributed by atoms with van der Waals surface area (Å²) in [4.78, 5) is 17.6. The number of halogens is 1. The van der Waals surface area contributed by atoms with E-state index in [0.29, 0.717) is 5.82 Å². The van der Waals surface area contributed by atoms with Crippen molar-refractivity contribution in [2.75, 3.05) is 7.11 Å². The van der Waals surface area contributed by atoms with Crippen molar-refractivity contribution in [3.05, 3.63) is 95.8 Å². The van der Waals surface area contributed by atoms with E-state index in [1.807, 2.05) is 61.1 Å². The third kappa shape index (κ3) is 4.28. The zero-order valence-corrected chi connectivity index (χ0v) is 17.7. The van der Waals surface area contributed by atoms with Crippen LogP contribution in [0, 0.1) is 5.82 Å². The smallest absolute Gasteiger partial charge is 0.228 e. The molecule has 31 heavy (non-hydrogen) atoms. The van der Waals surface area contributed by atoms with Gasteiger partial charge in [0, 0.05) is 19.4 Å². The van der Waals surface area contributed by atoms with Crippen molar-refractivity contribution >= 4 is 16.7 Å². The summed E-state index contributed by atoms with van der Waals surface area (Å²) < 4.78 is 20.6. The highest BCUT2D eigenvalue weighted by molar-refractivity contribution is 5.88. The van der Waals surface area contributed by atoms with Crippen molar-refractivity contribution in [3.8, 4) is 5.75 Å². The van der Waals surface area contributed by atoms with Gasteiger partial charge in [-0.05, 0) is 53.1 Å². The van der Waals surface area contributed by atoms with Crippen LogP contribution in [-0.4, -0.2) is 22.6 Å². The molecule has 0 aliphatic carbocycles. The fourth-order valence-electron chi connectivity index (χ4n) is 3.66. The van der Waals surface area contributed by atoms with E-state index in [4.69, 9.17) is 4.74 Å². The van der Waals surface area contributed by atoms with E-state index in [2.05, 4.69) is 10.3 Å². The predicted octanol–water partition coefficient (Wildman–Crippen LogP) is 4.73. The quantitative estimate of drug-likeness (QED) is 0.493. The highest BCUT2D eigenvalue weighted by atomic mass is 19.1. The molecule has 3 aromatic carbocycles. The van der Waals surface area contributed by atoms with E-state index in [1.54, 1.807) is 25.4 Å².